The van der Waals surface area contributed by atoms with E-state index < -0.39 is 27.9 Å². The average Bonchev–Trinajstić information content (AvgIpc) is 2.57. The number of nitriles is 1. The van der Waals surface area contributed by atoms with Gasteiger partial charge in [-0.15, -0.1) is 0 Å². The molecule has 0 aliphatic rings. The predicted molar refractivity (Wildman–Crippen MR) is 95.7 cm³/mol. The maximum absolute atomic E-state index is 12.1. The smallest absolute Gasteiger partial charge is 0.303 e. The Morgan fingerprint density at radius 1 is 1.23 bits per heavy atom. The Balaban J connectivity index is 2.38. The molecule has 0 spiro atoms. The zero-order valence-electron chi connectivity index (χ0n) is 14.6. The van der Waals surface area contributed by atoms with Crippen molar-refractivity contribution in [3.05, 3.63) is 35.4 Å². The summed E-state index contributed by atoms with van der Waals surface area (Å²) in [6, 6.07) is 8.23. The third-order valence-corrected chi connectivity index (χ3v) is 4.31. The van der Waals surface area contributed by atoms with Crippen LogP contribution in [0.5, 0.6) is 0 Å². The van der Waals surface area contributed by atoms with E-state index >= 15 is 0 Å². The first-order valence-electron chi connectivity index (χ1n) is 8.17. The minimum atomic E-state index is -3.62. The van der Waals surface area contributed by atoms with Crippen LogP contribution in [0, 0.1) is 11.3 Å². The van der Waals surface area contributed by atoms with Gasteiger partial charge in [0, 0.05) is 13.0 Å². The second kappa shape index (κ2) is 10.5. The number of hydrogen-bond donors (Lipinski definition) is 3. The number of amides is 1. The van der Waals surface area contributed by atoms with E-state index in [-0.39, 0.29) is 12.8 Å². The molecule has 0 heterocycles. The van der Waals surface area contributed by atoms with Crippen molar-refractivity contribution in [1.29, 1.82) is 5.26 Å². The normalized spacial score (nSPS) is 12.2. The van der Waals surface area contributed by atoms with Crippen LogP contribution in [-0.4, -0.2) is 44.2 Å². The first-order valence-corrected chi connectivity index (χ1v) is 10.1. The van der Waals surface area contributed by atoms with Crippen LogP contribution in [0.1, 0.15) is 36.8 Å². The summed E-state index contributed by atoms with van der Waals surface area (Å²) in [6.45, 7) is 0.365. The monoisotopic (exact) mass is 381 g/mol. The molecule has 0 radical (unpaired) electrons. The van der Waals surface area contributed by atoms with E-state index in [1.807, 2.05) is 12.1 Å². The summed E-state index contributed by atoms with van der Waals surface area (Å²) in [7, 11) is -3.62. The van der Waals surface area contributed by atoms with Crippen LogP contribution in [0.4, 0.5) is 0 Å². The standard InChI is InChI=1S/C17H23N3O5S/c1-26(24,25)20-15(9-10-16(21)22)17(23)19-11-3-2-4-13-5-7-14(12-18)8-6-13/h5-8,15,20H,2-4,9-11H2,1H3,(H,19,23)(H,21,22)/t15-/m1/s1. The van der Waals surface area contributed by atoms with E-state index in [1.54, 1.807) is 12.1 Å². The molecular weight excluding hydrogens is 358 g/mol. The Bertz CT molecular complexity index is 754. The van der Waals surface area contributed by atoms with Crippen LogP contribution in [0.25, 0.3) is 0 Å². The van der Waals surface area contributed by atoms with Gasteiger partial charge in [0.05, 0.1) is 17.9 Å². The molecular formula is C17H23N3O5S. The quantitative estimate of drug-likeness (QED) is 0.485. The van der Waals surface area contributed by atoms with Gasteiger partial charge in [0.2, 0.25) is 15.9 Å². The van der Waals surface area contributed by atoms with Crippen molar-refractivity contribution in [3.63, 3.8) is 0 Å². The summed E-state index contributed by atoms with van der Waals surface area (Å²) in [5.74, 6) is -1.63. The van der Waals surface area contributed by atoms with Gasteiger partial charge < -0.3 is 10.4 Å². The van der Waals surface area contributed by atoms with Crippen molar-refractivity contribution in [1.82, 2.24) is 10.0 Å². The molecule has 9 heteroatoms. The number of carboxylic acid groups (broad SMARTS) is 1. The molecule has 26 heavy (non-hydrogen) atoms. The average molecular weight is 381 g/mol. The Hall–Kier alpha value is -2.44. The first kappa shape index (κ1) is 21.6. The molecule has 1 aromatic rings. The van der Waals surface area contributed by atoms with Crippen LogP contribution >= 0.6 is 0 Å². The molecule has 1 atom stereocenters. The largest absolute Gasteiger partial charge is 0.481 e. The van der Waals surface area contributed by atoms with E-state index in [1.165, 1.54) is 0 Å². The number of sulfonamides is 1. The van der Waals surface area contributed by atoms with E-state index in [4.69, 9.17) is 10.4 Å². The van der Waals surface area contributed by atoms with Crippen molar-refractivity contribution in [2.75, 3.05) is 12.8 Å². The van der Waals surface area contributed by atoms with Crippen molar-refractivity contribution >= 4 is 21.9 Å². The number of aliphatic carboxylic acids is 1. The number of nitrogens with zero attached hydrogens (tertiary/aromatic N) is 1. The van der Waals surface area contributed by atoms with Gasteiger partial charge in [-0.3, -0.25) is 9.59 Å². The topological polar surface area (TPSA) is 136 Å². The molecule has 0 aromatic heterocycles. The van der Waals surface area contributed by atoms with Crippen molar-refractivity contribution < 1.29 is 23.1 Å². The van der Waals surface area contributed by atoms with E-state index in [2.05, 4.69) is 16.1 Å². The van der Waals surface area contributed by atoms with Gasteiger partial charge >= 0.3 is 5.97 Å². The van der Waals surface area contributed by atoms with Crippen molar-refractivity contribution in [3.8, 4) is 6.07 Å². The Morgan fingerprint density at radius 2 is 1.88 bits per heavy atom. The second-order valence-corrected chi connectivity index (χ2v) is 7.71. The summed E-state index contributed by atoms with van der Waals surface area (Å²) in [5, 5.41) is 20.1. The molecule has 0 saturated carbocycles. The van der Waals surface area contributed by atoms with Crippen LogP contribution in [-0.2, 0) is 26.0 Å². The molecule has 0 bridgehead atoms. The minimum absolute atomic E-state index is 0.112. The molecule has 8 nitrogen and oxygen atoms in total. The first-order chi connectivity index (χ1) is 12.2. The van der Waals surface area contributed by atoms with Gasteiger partial charge in [0.25, 0.3) is 0 Å². The van der Waals surface area contributed by atoms with Gasteiger partial charge in [0.15, 0.2) is 0 Å². The lowest BCUT2D eigenvalue weighted by Crippen LogP contribution is -2.46. The van der Waals surface area contributed by atoms with Gasteiger partial charge in [-0.1, -0.05) is 12.1 Å². The Kier molecular flexibility index (Phi) is 8.75. The molecule has 0 unspecified atom stereocenters. The molecule has 0 saturated heterocycles. The third-order valence-electron chi connectivity index (χ3n) is 3.59. The number of hydrogen-bond acceptors (Lipinski definition) is 5. The van der Waals surface area contributed by atoms with Crippen LogP contribution in [0.15, 0.2) is 24.3 Å². The molecule has 1 amide bonds. The summed E-state index contributed by atoms with van der Waals surface area (Å²) >= 11 is 0. The predicted octanol–water partition coefficient (Wildman–Crippen LogP) is 0.780. The fourth-order valence-corrected chi connectivity index (χ4v) is 3.05. The number of unbranched alkanes of at least 4 members (excludes halogenated alkanes) is 1. The minimum Gasteiger partial charge on any atom is -0.481 e. The van der Waals surface area contributed by atoms with Gasteiger partial charge in [-0.25, -0.2) is 13.1 Å². The lowest BCUT2D eigenvalue weighted by Gasteiger charge is -2.16. The van der Waals surface area contributed by atoms with Gasteiger partial charge in [0.1, 0.15) is 6.04 Å². The summed E-state index contributed by atoms with van der Waals surface area (Å²) < 4.78 is 24.8. The molecule has 0 fully saturated rings. The van der Waals surface area contributed by atoms with E-state index in [0.717, 1.165) is 24.7 Å². The molecule has 142 valence electrons. The fourth-order valence-electron chi connectivity index (χ4n) is 2.30. The molecule has 0 aliphatic carbocycles. The highest BCUT2D eigenvalue weighted by Gasteiger charge is 2.22. The van der Waals surface area contributed by atoms with Gasteiger partial charge in [-0.05, 0) is 43.4 Å². The highest BCUT2D eigenvalue weighted by atomic mass is 32.2. The summed E-state index contributed by atoms with van der Waals surface area (Å²) in [4.78, 5) is 22.7. The SMILES string of the molecule is CS(=O)(=O)N[C@H](CCC(=O)O)C(=O)NCCCCc1ccc(C#N)cc1. The van der Waals surface area contributed by atoms with E-state index in [0.29, 0.717) is 18.5 Å². The maximum Gasteiger partial charge on any atom is 0.303 e. The highest BCUT2D eigenvalue weighted by Crippen LogP contribution is 2.07. The fraction of sp³-hybridized carbons (Fsp3) is 0.471. The number of nitrogens with one attached hydrogen (secondary N) is 2. The number of carboxylic acids is 1. The number of rotatable bonds is 11. The van der Waals surface area contributed by atoms with Crippen LogP contribution in [0.3, 0.4) is 0 Å². The molecule has 0 aliphatic heterocycles. The maximum atomic E-state index is 12.1. The lowest BCUT2D eigenvalue weighted by atomic mass is 10.1. The number of aryl methyl sites for hydroxylation is 1. The van der Waals surface area contributed by atoms with Crippen LogP contribution < -0.4 is 10.0 Å². The number of carbonyl (C=O) groups excluding carboxylic acids is 1. The lowest BCUT2D eigenvalue weighted by molar-refractivity contribution is -0.137. The second-order valence-electron chi connectivity index (χ2n) is 5.93. The molecule has 3 N–H and O–H groups in total. The zero-order valence-corrected chi connectivity index (χ0v) is 15.4. The van der Waals surface area contributed by atoms with Crippen LogP contribution in [0.2, 0.25) is 0 Å². The number of carbonyl (C=O) groups is 2. The van der Waals surface area contributed by atoms with Crippen molar-refractivity contribution in [2.24, 2.45) is 0 Å². The van der Waals surface area contributed by atoms with Gasteiger partial charge in [-0.2, -0.15) is 5.26 Å². The Morgan fingerprint density at radius 3 is 2.42 bits per heavy atom. The van der Waals surface area contributed by atoms with E-state index in [9.17, 15) is 18.0 Å². The molecule has 1 rings (SSSR count). The third kappa shape index (κ3) is 9.15. The highest BCUT2D eigenvalue weighted by molar-refractivity contribution is 7.88. The van der Waals surface area contributed by atoms with Crippen molar-refractivity contribution in [2.45, 2.75) is 38.1 Å². The zero-order chi connectivity index (χ0) is 19.6. The summed E-state index contributed by atoms with van der Waals surface area (Å²) in [5.41, 5.74) is 1.69. The number of benzene rings is 1. The molecule has 1 aromatic carbocycles. The Labute approximate surface area is 153 Å². The summed E-state index contributed by atoms with van der Waals surface area (Å²) in [6.07, 6.45) is 2.80.